The minimum absolute atomic E-state index is 0.0910. The van der Waals surface area contributed by atoms with E-state index in [-0.39, 0.29) is 11.7 Å². The third-order valence-electron chi connectivity index (χ3n) is 9.94. The Morgan fingerprint density at radius 3 is 2.71 bits per heavy atom. The molecule has 6 aromatic rings. The van der Waals surface area contributed by atoms with Crippen molar-refractivity contribution < 1.29 is 14.6 Å². The van der Waals surface area contributed by atoms with E-state index in [0.29, 0.717) is 31.0 Å². The quantitative estimate of drug-likeness (QED) is 0.190. The third kappa shape index (κ3) is 5.09. The van der Waals surface area contributed by atoms with Gasteiger partial charge in [-0.2, -0.15) is 10.2 Å². The van der Waals surface area contributed by atoms with Gasteiger partial charge in [-0.25, -0.2) is 4.79 Å². The molecular formula is C37H37ClN6O3S. The molecule has 2 aliphatic rings. The van der Waals surface area contributed by atoms with Gasteiger partial charge in [-0.1, -0.05) is 41.9 Å². The van der Waals surface area contributed by atoms with E-state index in [2.05, 4.69) is 47.0 Å². The van der Waals surface area contributed by atoms with E-state index in [0.717, 1.165) is 90.5 Å². The fourth-order valence-corrected chi connectivity index (χ4v) is 9.01. The lowest BCUT2D eigenvalue weighted by molar-refractivity contribution is 0.0685. The van der Waals surface area contributed by atoms with Gasteiger partial charge in [0.15, 0.2) is 0 Å². The summed E-state index contributed by atoms with van der Waals surface area (Å²) in [5.41, 5.74) is 7.89. The topological polar surface area (TPSA) is 90.3 Å². The van der Waals surface area contributed by atoms with Crippen molar-refractivity contribution in [1.29, 1.82) is 0 Å². The molecule has 11 heteroatoms. The van der Waals surface area contributed by atoms with Crippen molar-refractivity contribution in [2.24, 2.45) is 14.1 Å². The van der Waals surface area contributed by atoms with E-state index in [9.17, 15) is 9.90 Å². The SMILES string of the molecule is Cc1nn2c3c1-c1c(Cl)ccc4c(c(C(=O)O)n(C)c14)CCCOc1cc(cc4ccccc14)SCc1cc(nn1C)CN(C)[C@@H]3CC2. The summed E-state index contributed by atoms with van der Waals surface area (Å²) in [4.78, 5) is 16.3. The molecule has 48 heavy (non-hydrogen) atoms. The van der Waals surface area contributed by atoms with Crippen LogP contribution in [0, 0.1) is 6.92 Å². The zero-order valence-corrected chi connectivity index (χ0v) is 29.0. The number of hydrogen-bond donors (Lipinski definition) is 1. The molecule has 2 aliphatic heterocycles. The van der Waals surface area contributed by atoms with Gasteiger partial charge >= 0.3 is 5.97 Å². The molecule has 0 aliphatic carbocycles. The fraction of sp³-hybridized carbons (Fsp3) is 0.324. The van der Waals surface area contributed by atoms with Crippen molar-refractivity contribution in [1.82, 2.24) is 29.0 Å². The van der Waals surface area contributed by atoms with Crippen LogP contribution in [0.1, 0.15) is 57.7 Å². The molecule has 0 amide bonds. The molecule has 0 unspecified atom stereocenters. The molecule has 0 spiro atoms. The van der Waals surface area contributed by atoms with E-state index in [4.69, 9.17) is 26.5 Å². The van der Waals surface area contributed by atoms with Gasteiger partial charge in [-0.3, -0.25) is 14.3 Å². The van der Waals surface area contributed by atoms with E-state index >= 15 is 0 Å². The van der Waals surface area contributed by atoms with Crippen LogP contribution in [0.25, 0.3) is 32.8 Å². The van der Waals surface area contributed by atoms with E-state index in [1.165, 1.54) is 0 Å². The Labute approximate surface area is 288 Å². The van der Waals surface area contributed by atoms with Crippen LogP contribution in [0.2, 0.25) is 5.02 Å². The van der Waals surface area contributed by atoms with E-state index < -0.39 is 5.97 Å². The molecule has 0 fully saturated rings. The van der Waals surface area contributed by atoms with Gasteiger partial charge in [0.25, 0.3) is 0 Å². The molecule has 8 rings (SSSR count). The Kier molecular flexibility index (Phi) is 7.77. The largest absolute Gasteiger partial charge is 0.493 e. The van der Waals surface area contributed by atoms with E-state index in [1.54, 1.807) is 11.8 Å². The molecule has 8 bridgehead atoms. The molecule has 246 valence electrons. The third-order valence-corrected chi connectivity index (χ3v) is 11.3. The van der Waals surface area contributed by atoms with Crippen molar-refractivity contribution >= 4 is 51.0 Å². The second-order valence-corrected chi connectivity index (χ2v) is 14.4. The van der Waals surface area contributed by atoms with Gasteiger partial charge in [-0.05, 0) is 68.4 Å². The zero-order valence-electron chi connectivity index (χ0n) is 27.5. The van der Waals surface area contributed by atoms with Crippen LogP contribution in [0.3, 0.4) is 0 Å². The predicted molar refractivity (Wildman–Crippen MR) is 190 cm³/mol. The van der Waals surface area contributed by atoms with Gasteiger partial charge in [0, 0.05) is 65.4 Å². The summed E-state index contributed by atoms with van der Waals surface area (Å²) in [7, 11) is 5.99. The zero-order chi connectivity index (χ0) is 33.3. The van der Waals surface area contributed by atoms with Crippen molar-refractivity contribution in [3.8, 4) is 16.9 Å². The van der Waals surface area contributed by atoms with Crippen LogP contribution in [0.4, 0.5) is 0 Å². The minimum Gasteiger partial charge on any atom is -0.493 e. The van der Waals surface area contributed by atoms with Crippen molar-refractivity contribution in [2.75, 3.05) is 13.7 Å². The number of carbonyl (C=O) groups is 1. The summed E-state index contributed by atoms with van der Waals surface area (Å²) < 4.78 is 12.4. The second-order valence-electron chi connectivity index (χ2n) is 12.9. The maximum atomic E-state index is 12.8. The van der Waals surface area contributed by atoms with Gasteiger partial charge in [0.2, 0.25) is 0 Å². The first-order chi connectivity index (χ1) is 23.2. The predicted octanol–water partition coefficient (Wildman–Crippen LogP) is 7.78. The number of thioether (sulfide) groups is 1. The number of fused-ring (bicyclic) bond motifs is 7. The summed E-state index contributed by atoms with van der Waals surface area (Å²) in [6.45, 7) is 3.95. The lowest BCUT2D eigenvalue weighted by Crippen LogP contribution is -2.23. The number of halogens is 1. The minimum atomic E-state index is -0.957. The number of aromatic carboxylic acids is 1. The van der Waals surface area contributed by atoms with Crippen molar-refractivity contribution in [3.05, 3.63) is 93.7 Å². The Morgan fingerprint density at radius 2 is 1.88 bits per heavy atom. The highest BCUT2D eigenvalue weighted by atomic mass is 35.5. The summed E-state index contributed by atoms with van der Waals surface area (Å²) in [5, 5.41) is 24.0. The van der Waals surface area contributed by atoms with Gasteiger partial charge in [-0.15, -0.1) is 11.8 Å². The van der Waals surface area contributed by atoms with Crippen LogP contribution in [0.5, 0.6) is 5.75 Å². The summed E-state index contributed by atoms with van der Waals surface area (Å²) in [5.74, 6) is 0.655. The number of ether oxygens (including phenoxy) is 1. The Hall–Kier alpha value is -4.25. The van der Waals surface area contributed by atoms with Crippen LogP contribution in [-0.2, 0) is 39.4 Å². The first-order valence-corrected chi connectivity index (χ1v) is 17.7. The summed E-state index contributed by atoms with van der Waals surface area (Å²) >= 11 is 8.85. The van der Waals surface area contributed by atoms with Crippen molar-refractivity contribution in [3.63, 3.8) is 0 Å². The number of hydrogen-bond acceptors (Lipinski definition) is 6. The molecule has 5 heterocycles. The maximum absolute atomic E-state index is 12.8. The molecule has 1 N–H and O–H groups in total. The van der Waals surface area contributed by atoms with Gasteiger partial charge in [0.1, 0.15) is 11.4 Å². The van der Waals surface area contributed by atoms with Gasteiger partial charge < -0.3 is 14.4 Å². The number of aromatic nitrogens is 5. The Bertz CT molecular complexity index is 2250. The lowest BCUT2D eigenvalue weighted by Gasteiger charge is -2.24. The van der Waals surface area contributed by atoms with Crippen LogP contribution in [-0.4, -0.2) is 53.8 Å². The smallest absolute Gasteiger partial charge is 0.352 e. The van der Waals surface area contributed by atoms with E-state index in [1.807, 2.05) is 54.5 Å². The van der Waals surface area contributed by atoms with Gasteiger partial charge in [0.05, 0.1) is 40.3 Å². The number of benzene rings is 3. The maximum Gasteiger partial charge on any atom is 0.352 e. The molecule has 3 aromatic heterocycles. The van der Waals surface area contributed by atoms with Crippen molar-refractivity contribution in [2.45, 2.75) is 56.0 Å². The second kappa shape index (κ2) is 12.0. The highest BCUT2D eigenvalue weighted by molar-refractivity contribution is 7.98. The monoisotopic (exact) mass is 680 g/mol. The fourth-order valence-electron chi connectivity index (χ4n) is 7.78. The molecule has 9 nitrogen and oxygen atoms in total. The number of rotatable bonds is 1. The van der Waals surface area contributed by atoms with Crippen LogP contribution in [0.15, 0.2) is 59.5 Å². The van der Waals surface area contributed by atoms with Crippen LogP contribution >= 0.6 is 23.4 Å². The van der Waals surface area contributed by atoms with Crippen LogP contribution < -0.4 is 4.74 Å². The number of carboxylic acids is 1. The number of nitrogens with zero attached hydrogens (tertiary/aromatic N) is 6. The first kappa shape index (κ1) is 31.0. The average Bonchev–Trinajstić information content (AvgIpc) is 3.78. The highest BCUT2D eigenvalue weighted by Crippen LogP contribution is 2.46. The molecule has 0 radical (unpaired) electrons. The summed E-state index contributed by atoms with van der Waals surface area (Å²) in [6, 6.07) is 18.8. The Morgan fingerprint density at radius 1 is 1.04 bits per heavy atom. The number of aryl methyl sites for hydroxylation is 5. The normalized spacial score (nSPS) is 17.1. The number of carboxylic acid groups (broad SMARTS) is 1. The first-order valence-electron chi connectivity index (χ1n) is 16.3. The Balaban J connectivity index is 1.29. The lowest BCUT2D eigenvalue weighted by atomic mass is 9.95. The molecule has 0 saturated carbocycles. The standard InChI is InChI=1S/C37H37ClN6O3S/c1-21-32-33-29(38)12-11-28-27(35(37(45)46)42(3)34(28)33)10-7-15-47-31-18-25(16-22-8-5-6-9-26(22)31)48-20-24-17-23(40-43(24)4)19-41(2)30-13-14-44(39-21)36(30)32/h5-6,8-9,11-12,16-18,30H,7,10,13-15,19-20H2,1-4H3,(H,45,46)/t30-/m1/s1. The summed E-state index contributed by atoms with van der Waals surface area (Å²) in [6.07, 6.45) is 2.11. The molecule has 0 saturated heterocycles. The molecular weight excluding hydrogens is 644 g/mol. The molecule has 1 atom stereocenters. The highest BCUT2D eigenvalue weighted by Gasteiger charge is 2.35. The average molecular weight is 681 g/mol. The molecule has 3 aromatic carbocycles.